The summed E-state index contributed by atoms with van der Waals surface area (Å²) < 4.78 is 2.02. The van der Waals surface area contributed by atoms with Crippen molar-refractivity contribution in [1.29, 1.82) is 0 Å². The summed E-state index contributed by atoms with van der Waals surface area (Å²) in [4.78, 5) is 20.8. The molecule has 3 aromatic rings. The number of aromatic nitrogens is 3. The predicted octanol–water partition coefficient (Wildman–Crippen LogP) is 3.13. The first-order chi connectivity index (χ1) is 9.70. The number of nitrogens with one attached hydrogen (secondary N) is 1. The molecule has 0 aliphatic rings. The van der Waals surface area contributed by atoms with Gasteiger partial charge in [-0.05, 0) is 41.7 Å². The number of rotatable bonds is 3. The van der Waals surface area contributed by atoms with Crippen LogP contribution in [0.3, 0.4) is 0 Å². The maximum absolute atomic E-state index is 12.5. The first-order valence-electron chi connectivity index (χ1n) is 6.33. The lowest BCUT2D eigenvalue weighted by molar-refractivity contribution is 0.709. The molecule has 0 atom stereocenters. The molecule has 3 rings (SSSR count). The first-order valence-corrected chi connectivity index (χ1v) is 7.62. The van der Waals surface area contributed by atoms with Crippen LogP contribution < -0.4 is 5.56 Å². The van der Waals surface area contributed by atoms with Crippen molar-refractivity contribution in [3.8, 4) is 0 Å². The van der Waals surface area contributed by atoms with Gasteiger partial charge in [-0.1, -0.05) is 13.0 Å². The van der Waals surface area contributed by atoms with Gasteiger partial charge in [0.05, 0.1) is 17.6 Å². The fourth-order valence-electron chi connectivity index (χ4n) is 2.21. The number of thiophene rings is 1. The Bertz CT molecular complexity index is 876. The molecule has 0 amide bonds. The minimum Gasteiger partial charge on any atom is -0.323 e. The molecular weight excluding hydrogens is 290 g/mol. The zero-order valence-corrected chi connectivity index (χ0v) is 12.6. The average Bonchev–Trinajstić information content (AvgIpc) is 2.92. The van der Waals surface area contributed by atoms with Crippen LogP contribution in [-0.4, -0.2) is 14.5 Å². The third-order valence-corrected chi connectivity index (χ3v) is 4.43. The number of hydrogen-bond acceptors (Lipinski definition) is 4. The normalized spacial score (nSPS) is 11.1. The van der Waals surface area contributed by atoms with E-state index in [1.54, 1.807) is 10.8 Å². The molecule has 0 unspecified atom stereocenters. The van der Waals surface area contributed by atoms with E-state index in [1.807, 2.05) is 23.6 Å². The zero-order chi connectivity index (χ0) is 14.1. The molecule has 0 radical (unpaired) electrons. The molecule has 0 saturated carbocycles. The van der Waals surface area contributed by atoms with Crippen LogP contribution >= 0.6 is 23.6 Å². The van der Waals surface area contributed by atoms with Crippen molar-refractivity contribution in [2.45, 2.75) is 19.9 Å². The van der Waals surface area contributed by atoms with Crippen LogP contribution in [-0.2, 0) is 13.0 Å². The quantitative estimate of drug-likeness (QED) is 0.756. The molecular formula is C14H13N3OS2. The van der Waals surface area contributed by atoms with Crippen molar-refractivity contribution >= 4 is 33.8 Å². The Morgan fingerprint density at radius 3 is 3.10 bits per heavy atom. The Kier molecular flexibility index (Phi) is 3.50. The predicted molar refractivity (Wildman–Crippen MR) is 84.0 cm³/mol. The van der Waals surface area contributed by atoms with Crippen molar-refractivity contribution in [3.63, 3.8) is 0 Å². The molecule has 102 valence electrons. The van der Waals surface area contributed by atoms with Crippen molar-refractivity contribution in [1.82, 2.24) is 14.5 Å². The SMILES string of the molecule is CCc1cccnc1Cn1c(=S)[nH]c2sccc2c1=O. The Hall–Kier alpha value is -1.79. The number of nitrogens with zero attached hydrogens (tertiary/aromatic N) is 2. The van der Waals surface area contributed by atoms with Gasteiger partial charge >= 0.3 is 0 Å². The number of fused-ring (bicyclic) bond motifs is 1. The maximum atomic E-state index is 12.5. The third-order valence-electron chi connectivity index (χ3n) is 3.28. The molecule has 0 saturated heterocycles. The molecule has 0 aliphatic carbocycles. The molecule has 3 aromatic heterocycles. The summed E-state index contributed by atoms with van der Waals surface area (Å²) in [6.45, 7) is 2.48. The monoisotopic (exact) mass is 303 g/mol. The minimum absolute atomic E-state index is 0.0577. The van der Waals surface area contributed by atoms with Crippen LogP contribution in [0.15, 0.2) is 34.6 Å². The van der Waals surface area contributed by atoms with E-state index in [0.29, 0.717) is 16.7 Å². The van der Waals surface area contributed by atoms with Crippen LogP contribution in [0, 0.1) is 4.77 Å². The Balaban J connectivity index is 2.15. The van der Waals surface area contributed by atoms with E-state index >= 15 is 0 Å². The number of H-pyrrole nitrogens is 1. The van der Waals surface area contributed by atoms with Crippen molar-refractivity contribution in [3.05, 3.63) is 56.2 Å². The fraction of sp³-hybridized carbons (Fsp3) is 0.214. The number of aromatic amines is 1. The van der Waals surface area contributed by atoms with Crippen LogP contribution in [0.2, 0.25) is 0 Å². The molecule has 3 heterocycles. The van der Waals surface area contributed by atoms with Crippen molar-refractivity contribution in [2.75, 3.05) is 0 Å². The summed E-state index contributed by atoms with van der Waals surface area (Å²) in [5.41, 5.74) is 1.98. The van der Waals surface area contributed by atoms with Crippen molar-refractivity contribution in [2.24, 2.45) is 0 Å². The molecule has 4 nitrogen and oxygen atoms in total. The van der Waals surface area contributed by atoms with Gasteiger partial charge in [-0.15, -0.1) is 11.3 Å². The third kappa shape index (κ3) is 2.21. The molecule has 20 heavy (non-hydrogen) atoms. The number of hydrogen-bond donors (Lipinski definition) is 1. The number of aryl methyl sites for hydroxylation is 1. The van der Waals surface area contributed by atoms with Gasteiger partial charge in [0.1, 0.15) is 4.83 Å². The Labute approximate surface area is 124 Å². The largest absolute Gasteiger partial charge is 0.323 e. The zero-order valence-electron chi connectivity index (χ0n) is 10.9. The highest BCUT2D eigenvalue weighted by Gasteiger charge is 2.09. The van der Waals surface area contributed by atoms with Crippen LogP contribution in [0.5, 0.6) is 0 Å². The van der Waals surface area contributed by atoms with E-state index in [4.69, 9.17) is 12.2 Å². The topological polar surface area (TPSA) is 50.7 Å². The molecule has 6 heteroatoms. The maximum Gasteiger partial charge on any atom is 0.263 e. The summed E-state index contributed by atoms with van der Waals surface area (Å²) in [6.07, 6.45) is 2.63. The Morgan fingerprint density at radius 1 is 1.45 bits per heavy atom. The Morgan fingerprint density at radius 2 is 2.30 bits per heavy atom. The summed E-state index contributed by atoms with van der Waals surface area (Å²) in [7, 11) is 0. The summed E-state index contributed by atoms with van der Waals surface area (Å²) in [5.74, 6) is 0. The van der Waals surface area contributed by atoms with Gasteiger partial charge in [0, 0.05) is 6.20 Å². The van der Waals surface area contributed by atoms with Gasteiger partial charge in [-0.3, -0.25) is 14.3 Å². The van der Waals surface area contributed by atoms with Crippen LogP contribution in [0.25, 0.3) is 10.2 Å². The molecule has 0 bridgehead atoms. The summed E-state index contributed by atoms with van der Waals surface area (Å²) in [5, 5.41) is 2.57. The van der Waals surface area contributed by atoms with Gasteiger partial charge in [-0.2, -0.15) is 0 Å². The van der Waals surface area contributed by atoms with E-state index in [1.165, 1.54) is 11.3 Å². The average molecular weight is 303 g/mol. The fourth-order valence-corrected chi connectivity index (χ4v) is 3.30. The van der Waals surface area contributed by atoms with Gasteiger partial charge in [0.15, 0.2) is 4.77 Å². The van der Waals surface area contributed by atoms with E-state index < -0.39 is 0 Å². The van der Waals surface area contributed by atoms with Crippen LogP contribution in [0.4, 0.5) is 0 Å². The van der Waals surface area contributed by atoms with Gasteiger partial charge in [-0.25, -0.2) is 0 Å². The number of pyridine rings is 1. The van der Waals surface area contributed by atoms with Gasteiger partial charge in [0.2, 0.25) is 0 Å². The summed E-state index contributed by atoms with van der Waals surface area (Å²) >= 11 is 6.79. The molecule has 0 aromatic carbocycles. The van der Waals surface area contributed by atoms with Gasteiger partial charge in [0.25, 0.3) is 5.56 Å². The molecule has 0 spiro atoms. The second kappa shape index (κ2) is 5.30. The highest BCUT2D eigenvalue weighted by Crippen LogP contribution is 2.15. The molecule has 1 N–H and O–H groups in total. The van der Waals surface area contributed by atoms with E-state index in [2.05, 4.69) is 16.9 Å². The van der Waals surface area contributed by atoms with E-state index in [9.17, 15) is 4.79 Å². The lowest BCUT2D eigenvalue weighted by Gasteiger charge is -2.09. The lowest BCUT2D eigenvalue weighted by Crippen LogP contribution is -2.23. The lowest BCUT2D eigenvalue weighted by atomic mass is 10.1. The van der Waals surface area contributed by atoms with E-state index in [0.717, 1.165) is 22.5 Å². The second-order valence-corrected chi connectivity index (χ2v) is 5.75. The highest BCUT2D eigenvalue weighted by atomic mass is 32.1. The smallest absolute Gasteiger partial charge is 0.263 e. The van der Waals surface area contributed by atoms with Crippen molar-refractivity contribution < 1.29 is 0 Å². The van der Waals surface area contributed by atoms with Crippen LogP contribution in [0.1, 0.15) is 18.2 Å². The minimum atomic E-state index is -0.0577. The molecule has 0 aliphatic heterocycles. The standard InChI is InChI=1S/C14H13N3OS2/c1-2-9-4-3-6-15-11(9)8-17-13(18)10-5-7-20-12(10)16-14(17)19/h3-7H,2,8H2,1H3,(H,16,19). The second-order valence-electron chi connectivity index (χ2n) is 4.45. The van der Waals surface area contributed by atoms with E-state index in [-0.39, 0.29) is 5.56 Å². The molecule has 0 fully saturated rings. The summed E-state index contributed by atoms with van der Waals surface area (Å²) in [6, 6.07) is 5.76. The van der Waals surface area contributed by atoms with Gasteiger partial charge < -0.3 is 4.98 Å². The first kappa shape index (κ1) is 13.2. The highest BCUT2D eigenvalue weighted by molar-refractivity contribution is 7.71.